The molecule has 0 aliphatic carbocycles. The van der Waals surface area contributed by atoms with Crippen molar-refractivity contribution in [3.05, 3.63) is 62.1 Å². The lowest BCUT2D eigenvalue weighted by atomic mass is 9.97. The van der Waals surface area contributed by atoms with Crippen molar-refractivity contribution in [1.82, 2.24) is 14.5 Å². The molecule has 3 aromatic rings. The van der Waals surface area contributed by atoms with Crippen LogP contribution in [0.2, 0.25) is 0 Å². The number of nitrogens with one attached hydrogen (secondary N) is 1. The number of nitro benzene ring substituents is 1. The summed E-state index contributed by atoms with van der Waals surface area (Å²) in [6.07, 6.45) is -1.09. The lowest BCUT2D eigenvalue weighted by molar-refractivity contribution is -0.386. The van der Waals surface area contributed by atoms with Crippen molar-refractivity contribution in [1.29, 1.82) is 0 Å². The number of para-hydroxylation sites is 1. The molecule has 2 aromatic heterocycles. The molecule has 182 valence electrons. The Labute approximate surface area is 194 Å². The van der Waals surface area contributed by atoms with E-state index in [9.17, 15) is 25.1 Å². The van der Waals surface area contributed by atoms with Gasteiger partial charge in [0.05, 0.1) is 41.3 Å². The van der Waals surface area contributed by atoms with Crippen LogP contribution in [0.25, 0.3) is 11.0 Å². The first kappa shape index (κ1) is 23.8. The number of nitrogens with two attached hydrogens (primary N) is 1. The van der Waals surface area contributed by atoms with Gasteiger partial charge >= 0.3 is 0 Å². The number of hydrogen-bond acceptors (Lipinski definition) is 9. The molecule has 3 heterocycles. The number of rotatable bonds is 8. The van der Waals surface area contributed by atoms with Crippen molar-refractivity contribution in [3.63, 3.8) is 0 Å². The van der Waals surface area contributed by atoms with Crippen LogP contribution in [0.1, 0.15) is 43.7 Å². The van der Waals surface area contributed by atoms with E-state index in [4.69, 9.17) is 15.2 Å². The van der Waals surface area contributed by atoms with E-state index in [0.717, 1.165) is 0 Å². The zero-order valence-corrected chi connectivity index (χ0v) is 18.7. The normalized spacial score (nSPS) is 21.4. The van der Waals surface area contributed by atoms with Crippen molar-refractivity contribution in [2.75, 3.05) is 12.3 Å². The second-order valence-corrected chi connectivity index (χ2v) is 8.62. The van der Waals surface area contributed by atoms with Gasteiger partial charge in [-0.25, -0.2) is 0 Å². The molecule has 12 nitrogen and oxygen atoms in total. The summed E-state index contributed by atoms with van der Waals surface area (Å²) >= 11 is 0. The third kappa shape index (κ3) is 4.40. The Balaban J connectivity index is 1.71. The molecule has 1 saturated heterocycles. The van der Waals surface area contributed by atoms with E-state index in [2.05, 4.69) is 9.97 Å². The Morgan fingerprint density at radius 1 is 1.41 bits per heavy atom. The highest BCUT2D eigenvalue weighted by Gasteiger charge is 2.36. The molecular formula is C22H27N5O7. The Hall–Kier alpha value is -3.32. The minimum Gasteiger partial charge on any atom is -0.394 e. The molecule has 4 rings (SSSR count). The predicted octanol–water partition coefficient (Wildman–Crippen LogP) is 1.77. The fourth-order valence-corrected chi connectivity index (χ4v) is 4.34. The van der Waals surface area contributed by atoms with E-state index in [-0.39, 0.29) is 48.2 Å². The minimum atomic E-state index is -0.879. The summed E-state index contributed by atoms with van der Waals surface area (Å²) in [5, 5.41) is 31.3. The van der Waals surface area contributed by atoms with Crippen LogP contribution in [0.15, 0.2) is 35.3 Å². The fraction of sp³-hybridized carbons (Fsp3) is 0.455. The summed E-state index contributed by atoms with van der Waals surface area (Å²) in [6.45, 7) is 3.39. The molecule has 1 aliphatic rings. The molecular weight excluding hydrogens is 446 g/mol. The Morgan fingerprint density at radius 2 is 2.15 bits per heavy atom. The maximum absolute atomic E-state index is 12.8. The molecule has 0 bridgehead atoms. The average Bonchev–Trinajstić information content (AvgIpc) is 3.34. The number of aliphatic hydroxyl groups is 2. The van der Waals surface area contributed by atoms with Crippen molar-refractivity contribution in [2.45, 2.75) is 51.4 Å². The number of nitrogen functional groups attached to an aromatic ring is 1. The lowest BCUT2D eigenvalue weighted by Gasteiger charge is -2.21. The number of fused-ring (bicyclic) bond motifs is 1. The third-order valence-electron chi connectivity index (χ3n) is 5.94. The number of aromatic nitrogens is 3. The first-order valence-electron chi connectivity index (χ1n) is 10.9. The zero-order chi connectivity index (χ0) is 24.6. The van der Waals surface area contributed by atoms with Gasteiger partial charge in [0, 0.05) is 24.2 Å². The first-order valence-corrected chi connectivity index (χ1v) is 10.9. The van der Waals surface area contributed by atoms with Crippen molar-refractivity contribution in [2.24, 2.45) is 5.92 Å². The Bertz CT molecular complexity index is 1250. The number of aliphatic hydroxyl groups excluding tert-OH is 2. The van der Waals surface area contributed by atoms with Gasteiger partial charge in [-0.1, -0.05) is 26.0 Å². The number of H-pyrrole nitrogens is 1. The molecule has 5 N–H and O–H groups in total. The molecule has 1 unspecified atom stereocenters. The van der Waals surface area contributed by atoms with Crippen LogP contribution in [0.3, 0.4) is 0 Å². The monoisotopic (exact) mass is 473 g/mol. The summed E-state index contributed by atoms with van der Waals surface area (Å²) in [7, 11) is 0. The average molecular weight is 473 g/mol. The number of benzene rings is 1. The summed E-state index contributed by atoms with van der Waals surface area (Å²) < 4.78 is 13.5. The molecule has 1 aliphatic heterocycles. The fourth-order valence-electron chi connectivity index (χ4n) is 4.34. The van der Waals surface area contributed by atoms with Gasteiger partial charge in [-0.05, 0) is 12.0 Å². The highest BCUT2D eigenvalue weighted by atomic mass is 16.6. The largest absolute Gasteiger partial charge is 0.394 e. The van der Waals surface area contributed by atoms with E-state index < -0.39 is 35.0 Å². The third-order valence-corrected chi connectivity index (χ3v) is 5.94. The molecule has 0 saturated carbocycles. The number of aromatic amines is 1. The molecule has 34 heavy (non-hydrogen) atoms. The standard InChI is InChI=1S/C22H27N5O7/c1-11(2)19(13-5-3-4-6-14(13)27(31)32)33-10-12-8-26(17-7-15(29)16(9-28)34-17)20-18(12)21(30)25-22(23)24-20/h3-6,8,11,15-17,19,28-29H,7,9-10H2,1-2H3,(H3,23,24,25,30)/t15-,16-,17-,19?/m1/s1. The molecule has 0 radical (unpaired) electrons. The minimum absolute atomic E-state index is 0.0359. The van der Waals surface area contributed by atoms with Crippen LogP contribution in [0.5, 0.6) is 0 Å². The van der Waals surface area contributed by atoms with Crippen molar-refractivity contribution < 1.29 is 24.6 Å². The Kier molecular flexibility index (Phi) is 6.66. The van der Waals surface area contributed by atoms with Gasteiger partial charge < -0.3 is 30.0 Å². The topological polar surface area (TPSA) is 179 Å². The number of anilines is 1. The highest BCUT2D eigenvalue weighted by Crippen LogP contribution is 2.36. The second kappa shape index (κ2) is 9.50. The van der Waals surface area contributed by atoms with Gasteiger partial charge in [-0.15, -0.1) is 0 Å². The molecule has 0 spiro atoms. The molecule has 12 heteroatoms. The van der Waals surface area contributed by atoms with Crippen LogP contribution in [-0.2, 0) is 16.1 Å². The number of hydrogen-bond donors (Lipinski definition) is 4. The van der Waals surface area contributed by atoms with Crippen molar-refractivity contribution in [3.8, 4) is 0 Å². The van der Waals surface area contributed by atoms with Crippen LogP contribution in [0, 0.1) is 16.0 Å². The van der Waals surface area contributed by atoms with Crippen LogP contribution >= 0.6 is 0 Å². The van der Waals surface area contributed by atoms with E-state index in [1.807, 2.05) is 13.8 Å². The summed E-state index contributed by atoms with van der Waals surface area (Å²) in [6, 6.07) is 6.39. The summed E-state index contributed by atoms with van der Waals surface area (Å²) in [4.78, 5) is 30.6. The molecule has 1 aromatic carbocycles. The number of nitrogens with zero attached hydrogens (tertiary/aromatic N) is 3. The van der Waals surface area contributed by atoms with E-state index in [0.29, 0.717) is 11.1 Å². The zero-order valence-electron chi connectivity index (χ0n) is 18.7. The van der Waals surface area contributed by atoms with Crippen LogP contribution in [-0.4, -0.2) is 48.5 Å². The van der Waals surface area contributed by atoms with Gasteiger partial charge in [-0.2, -0.15) is 4.98 Å². The SMILES string of the molecule is CC(C)C(OCc1cn([C@H]2C[C@@H](O)[C@@H](CO)O2)c2nc(N)[nH]c(=O)c12)c1ccccc1[N+](=O)[O-]. The molecule has 0 amide bonds. The van der Waals surface area contributed by atoms with Crippen LogP contribution in [0.4, 0.5) is 11.6 Å². The summed E-state index contributed by atoms with van der Waals surface area (Å²) in [5.41, 5.74) is 6.43. The first-order chi connectivity index (χ1) is 16.2. The van der Waals surface area contributed by atoms with Gasteiger partial charge in [0.1, 0.15) is 12.3 Å². The highest BCUT2D eigenvalue weighted by molar-refractivity contribution is 5.80. The quantitative estimate of drug-likeness (QED) is 0.280. The van der Waals surface area contributed by atoms with Gasteiger partial charge in [0.2, 0.25) is 5.95 Å². The van der Waals surface area contributed by atoms with Gasteiger partial charge in [0.25, 0.3) is 11.2 Å². The molecule has 1 fully saturated rings. The van der Waals surface area contributed by atoms with E-state index in [1.165, 1.54) is 6.07 Å². The smallest absolute Gasteiger partial charge is 0.275 e. The van der Waals surface area contributed by atoms with E-state index >= 15 is 0 Å². The second-order valence-electron chi connectivity index (χ2n) is 8.62. The van der Waals surface area contributed by atoms with Gasteiger partial charge in [-0.3, -0.25) is 19.9 Å². The number of ether oxygens (including phenoxy) is 2. The van der Waals surface area contributed by atoms with Crippen molar-refractivity contribution >= 4 is 22.7 Å². The lowest BCUT2D eigenvalue weighted by Crippen LogP contribution is -2.24. The maximum Gasteiger partial charge on any atom is 0.275 e. The van der Waals surface area contributed by atoms with E-state index in [1.54, 1.807) is 29.0 Å². The van der Waals surface area contributed by atoms with Crippen LogP contribution < -0.4 is 11.3 Å². The maximum atomic E-state index is 12.8. The van der Waals surface area contributed by atoms with Gasteiger partial charge in [0.15, 0.2) is 5.65 Å². The predicted molar refractivity (Wildman–Crippen MR) is 122 cm³/mol. The Morgan fingerprint density at radius 3 is 2.79 bits per heavy atom. The molecule has 4 atom stereocenters. The summed E-state index contributed by atoms with van der Waals surface area (Å²) in [5.74, 6) is -0.179. The number of nitro groups is 1.